The SMILES string of the molecule is CCc1nc(N(CCC(=O)NCC(C)C)CCc2ccccc2)c2ccccc2n1. The molecular formula is C25H32N4O. The van der Waals surface area contributed by atoms with Crippen LogP contribution < -0.4 is 10.2 Å². The molecule has 0 saturated carbocycles. The largest absolute Gasteiger partial charge is 0.356 e. The van der Waals surface area contributed by atoms with E-state index in [1.54, 1.807) is 0 Å². The van der Waals surface area contributed by atoms with E-state index >= 15 is 0 Å². The molecule has 0 saturated heterocycles. The van der Waals surface area contributed by atoms with Gasteiger partial charge in [-0.05, 0) is 30.0 Å². The van der Waals surface area contributed by atoms with Gasteiger partial charge in [-0.25, -0.2) is 9.97 Å². The summed E-state index contributed by atoms with van der Waals surface area (Å²) >= 11 is 0. The quantitative estimate of drug-likeness (QED) is 0.544. The van der Waals surface area contributed by atoms with Gasteiger partial charge < -0.3 is 10.2 Å². The lowest BCUT2D eigenvalue weighted by molar-refractivity contribution is -0.121. The molecule has 0 aliphatic carbocycles. The van der Waals surface area contributed by atoms with Crippen LogP contribution in [0.2, 0.25) is 0 Å². The van der Waals surface area contributed by atoms with Crippen LogP contribution >= 0.6 is 0 Å². The van der Waals surface area contributed by atoms with Gasteiger partial charge in [-0.2, -0.15) is 0 Å². The predicted octanol–water partition coefficient (Wildman–Crippen LogP) is 4.40. The number of hydrogen-bond acceptors (Lipinski definition) is 4. The molecule has 0 unspecified atom stereocenters. The molecule has 1 aromatic heterocycles. The van der Waals surface area contributed by atoms with Crippen LogP contribution in [0.4, 0.5) is 5.82 Å². The van der Waals surface area contributed by atoms with Crippen LogP contribution in [-0.4, -0.2) is 35.5 Å². The summed E-state index contributed by atoms with van der Waals surface area (Å²) in [6, 6.07) is 18.6. The van der Waals surface area contributed by atoms with E-state index in [-0.39, 0.29) is 5.91 Å². The lowest BCUT2D eigenvalue weighted by atomic mass is 10.1. The molecule has 1 heterocycles. The van der Waals surface area contributed by atoms with Gasteiger partial charge >= 0.3 is 0 Å². The first-order valence-corrected chi connectivity index (χ1v) is 10.9. The second-order valence-corrected chi connectivity index (χ2v) is 8.00. The van der Waals surface area contributed by atoms with Crippen molar-refractivity contribution in [1.82, 2.24) is 15.3 Å². The Morgan fingerprint density at radius 2 is 1.73 bits per heavy atom. The van der Waals surface area contributed by atoms with E-state index < -0.39 is 0 Å². The van der Waals surface area contributed by atoms with Gasteiger partial charge in [0, 0.05) is 37.9 Å². The van der Waals surface area contributed by atoms with Gasteiger partial charge in [0.15, 0.2) is 0 Å². The van der Waals surface area contributed by atoms with Crippen LogP contribution in [0.1, 0.15) is 38.6 Å². The maximum atomic E-state index is 12.4. The van der Waals surface area contributed by atoms with E-state index in [1.807, 2.05) is 24.3 Å². The predicted molar refractivity (Wildman–Crippen MR) is 124 cm³/mol. The van der Waals surface area contributed by atoms with Gasteiger partial charge in [0.25, 0.3) is 0 Å². The van der Waals surface area contributed by atoms with Gasteiger partial charge in [-0.3, -0.25) is 4.79 Å². The molecule has 0 spiro atoms. The highest BCUT2D eigenvalue weighted by Gasteiger charge is 2.16. The number of nitrogens with one attached hydrogen (secondary N) is 1. The normalized spacial score (nSPS) is 11.1. The fourth-order valence-electron chi connectivity index (χ4n) is 3.38. The number of rotatable bonds is 10. The van der Waals surface area contributed by atoms with Gasteiger partial charge in [0.05, 0.1) is 5.52 Å². The zero-order valence-electron chi connectivity index (χ0n) is 18.3. The Balaban J connectivity index is 1.84. The van der Waals surface area contributed by atoms with Crippen LogP contribution in [0.3, 0.4) is 0 Å². The van der Waals surface area contributed by atoms with Crippen LogP contribution in [0.5, 0.6) is 0 Å². The molecule has 3 aromatic rings. The van der Waals surface area contributed by atoms with Crippen LogP contribution in [0, 0.1) is 5.92 Å². The fraction of sp³-hybridized carbons (Fsp3) is 0.400. The smallest absolute Gasteiger partial charge is 0.221 e. The summed E-state index contributed by atoms with van der Waals surface area (Å²) in [5.74, 6) is 2.28. The molecule has 1 amide bonds. The van der Waals surface area contributed by atoms with E-state index in [1.165, 1.54) is 5.56 Å². The molecular weight excluding hydrogens is 372 g/mol. The van der Waals surface area contributed by atoms with E-state index in [0.29, 0.717) is 25.4 Å². The van der Waals surface area contributed by atoms with Crippen molar-refractivity contribution in [2.24, 2.45) is 5.92 Å². The first-order valence-electron chi connectivity index (χ1n) is 10.9. The van der Waals surface area contributed by atoms with Gasteiger partial charge in [-0.15, -0.1) is 0 Å². The van der Waals surface area contributed by atoms with E-state index in [4.69, 9.17) is 4.98 Å². The molecule has 0 aliphatic rings. The summed E-state index contributed by atoms with van der Waals surface area (Å²) in [6.45, 7) is 8.41. The minimum absolute atomic E-state index is 0.0856. The lowest BCUT2D eigenvalue weighted by Gasteiger charge is -2.25. The van der Waals surface area contributed by atoms with Crippen molar-refractivity contribution in [3.05, 3.63) is 66.0 Å². The summed E-state index contributed by atoms with van der Waals surface area (Å²) in [7, 11) is 0. The molecule has 30 heavy (non-hydrogen) atoms. The Morgan fingerprint density at radius 1 is 1.00 bits per heavy atom. The number of aromatic nitrogens is 2. The average Bonchev–Trinajstić information content (AvgIpc) is 2.77. The number of hydrogen-bond donors (Lipinski definition) is 1. The van der Waals surface area contributed by atoms with Crippen LogP contribution in [0.25, 0.3) is 10.9 Å². The van der Waals surface area contributed by atoms with Crippen molar-refractivity contribution in [2.75, 3.05) is 24.5 Å². The highest BCUT2D eigenvalue weighted by atomic mass is 16.1. The van der Waals surface area contributed by atoms with Crippen molar-refractivity contribution in [3.63, 3.8) is 0 Å². The average molecular weight is 405 g/mol. The minimum atomic E-state index is 0.0856. The summed E-state index contributed by atoms with van der Waals surface area (Å²) < 4.78 is 0. The maximum absolute atomic E-state index is 12.4. The number of carbonyl (C=O) groups excluding carboxylic acids is 1. The number of anilines is 1. The number of amides is 1. The standard InChI is InChI=1S/C25H32N4O/c1-4-23-27-22-13-9-8-12-21(22)25(28-23)29(16-14-20-10-6-5-7-11-20)17-15-24(30)26-18-19(2)3/h5-13,19H,4,14-18H2,1-3H3,(H,26,30). The Bertz CT molecular complexity index is 956. The number of nitrogens with zero attached hydrogens (tertiary/aromatic N) is 3. The van der Waals surface area contributed by atoms with Crippen molar-refractivity contribution < 1.29 is 4.79 Å². The van der Waals surface area contributed by atoms with Crippen LogP contribution in [0.15, 0.2) is 54.6 Å². The van der Waals surface area contributed by atoms with Gasteiger partial charge in [0.2, 0.25) is 5.91 Å². The second kappa shape index (κ2) is 10.7. The third-order valence-corrected chi connectivity index (χ3v) is 5.07. The molecule has 0 aliphatic heterocycles. The molecule has 158 valence electrons. The van der Waals surface area contributed by atoms with Crippen molar-refractivity contribution >= 4 is 22.6 Å². The zero-order valence-corrected chi connectivity index (χ0v) is 18.3. The van der Waals surface area contributed by atoms with E-state index in [9.17, 15) is 4.79 Å². The van der Waals surface area contributed by atoms with Crippen molar-refractivity contribution in [3.8, 4) is 0 Å². The molecule has 0 atom stereocenters. The monoisotopic (exact) mass is 404 g/mol. The van der Waals surface area contributed by atoms with Crippen molar-refractivity contribution in [1.29, 1.82) is 0 Å². The van der Waals surface area contributed by atoms with Crippen molar-refractivity contribution in [2.45, 2.75) is 40.0 Å². The van der Waals surface area contributed by atoms with Crippen LogP contribution in [-0.2, 0) is 17.6 Å². The number of fused-ring (bicyclic) bond motifs is 1. The first kappa shape index (κ1) is 21.8. The third-order valence-electron chi connectivity index (χ3n) is 5.07. The molecule has 1 N–H and O–H groups in total. The highest BCUT2D eigenvalue weighted by molar-refractivity contribution is 5.89. The Morgan fingerprint density at radius 3 is 2.47 bits per heavy atom. The Kier molecular flexibility index (Phi) is 7.77. The number of aryl methyl sites for hydroxylation is 1. The molecule has 0 fully saturated rings. The summed E-state index contributed by atoms with van der Waals surface area (Å²) in [6.07, 6.45) is 2.12. The first-order chi connectivity index (χ1) is 14.6. The fourth-order valence-corrected chi connectivity index (χ4v) is 3.38. The van der Waals surface area contributed by atoms with Gasteiger partial charge in [-0.1, -0.05) is 63.2 Å². The Hall–Kier alpha value is -2.95. The topological polar surface area (TPSA) is 58.1 Å². The second-order valence-electron chi connectivity index (χ2n) is 8.00. The molecule has 2 aromatic carbocycles. The molecule has 0 radical (unpaired) electrons. The lowest BCUT2D eigenvalue weighted by Crippen LogP contribution is -2.34. The van der Waals surface area contributed by atoms with E-state index in [0.717, 1.165) is 41.9 Å². The maximum Gasteiger partial charge on any atom is 0.221 e. The zero-order chi connectivity index (χ0) is 21.3. The van der Waals surface area contributed by atoms with Gasteiger partial charge in [0.1, 0.15) is 11.6 Å². The van der Waals surface area contributed by atoms with E-state index in [2.05, 4.69) is 66.3 Å². The number of carbonyl (C=O) groups is 1. The summed E-state index contributed by atoms with van der Waals surface area (Å²) in [4.78, 5) is 24.2. The molecule has 5 nitrogen and oxygen atoms in total. The highest BCUT2D eigenvalue weighted by Crippen LogP contribution is 2.24. The minimum Gasteiger partial charge on any atom is -0.356 e. The third kappa shape index (κ3) is 6.02. The number of para-hydroxylation sites is 1. The molecule has 0 bridgehead atoms. The number of benzene rings is 2. The molecule has 3 rings (SSSR count). The summed E-state index contributed by atoms with van der Waals surface area (Å²) in [5.41, 5.74) is 2.23. The summed E-state index contributed by atoms with van der Waals surface area (Å²) in [5, 5.41) is 4.06. The molecule has 5 heteroatoms. The Labute approximate surface area is 179 Å².